The number of rotatable bonds is 5. The van der Waals surface area contributed by atoms with Gasteiger partial charge in [0.15, 0.2) is 5.78 Å². The van der Waals surface area contributed by atoms with Crippen molar-refractivity contribution in [1.29, 1.82) is 0 Å². The first kappa shape index (κ1) is 14.0. The number of carbonyl (C=O) groups is 1. The van der Waals surface area contributed by atoms with Crippen molar-refractivity contribution >= 4 is 21.7 Å². The van der Waals surface area contributed by atoms with Gasteiger partial charge in [-0.1, -0.05) is 35.0 Å². The lowest BCUT2D eigenvalue weighted by atomic mass is 10.1. The van der Waals surface area contributed by atoms with Gasteiger partial charge >= 0.3 is 0 Å². The highest BCUT2D eigenvalue weighted by molar-refractivity contribution is 9.10. The van der Waals surface area contributed by atoms with E-state index in [-0.39, 0.29) is 5.78 Å². The molecule has 0 spiro atoms. The molecule has 0 amide bonds. The van der Waals surface area contributed by atoms with E-state index in [0.29, 0.717) is 12.5 Å². The Morgan fingerprint density at radius 3 is 2.63 bits per heavy atom. The minimum absolute atomic E-state index is 0.0990. The van der Waals surface area contributed by atoms with Crippen molar-refractivity contribution in [3.05, 3.63) is 52.3 Å². The first-order valence-electron chi connectivity index (χ1n) is 6.43. The van der Waals surface area contributed by atoms with E-state index in [1.54, 1.807) is 0 Å². The lowest BCUT2D eigenvalue weighted by Gasteiger charge is -2.08. The molecule has 3 nitrogen and oxygen atoms in total. The number of halogens is 1. The average molecular weight is 321 g/mol. The maximum absolute atomic E-state index is 12.1. The molecule has 0 saturated heterocycles. The zero-order valence-corrected chi connectivity index (χ0v) is 12.7. The zero-order chi connectivity index (χ0) is 13.8. The summed E-state index contributed by atoms with van der Waals surface area (Å²) in [6.45, 7) is 4.24. The van der Waals surface area contributed by atoms with Crippen LogP contribution in [-0.2, 0) is 6.42 Å². The largest absolute Gasteiger partial charge is 0.294 e. The Hall–Kier alpha value is -1.42. The van der Waals surface area contributed by atoms with E-state index < -0.39 is 0 Å². The topological polar surface area (TPSA) is 34.9 Å². The molecule has 100 valence electrons. The van der Waals surface area contributed by atoms with Crippen LogP contribution in [0.1, 0.15) is 42.4 Å². The fraction of sp³-hybridized carbons (Fsp3) is 0.333. The third-order valence-corrected chi connectivity index (χ3v) is 3.74. The van der Waals surface area contributed by atoms with E-state index in [1.165, 1.54) is 0 Å². The molecule has 1 aromatic carbocycles. The molecule has 0 saturated carbocycles. The Bertz CT molecular complexity index is 560. The second kappa shape index (κ2) is 6.15. The molecular formula is C15H17BrN2O. The Morgan fingerprint density at radius 2 is 2.00 bits per heavy atom. The summed E-state index contributed by atoms with van der Waals surface area (Å²) in [4.78, 5) is 12.1. The van der Waals surface area contributed by atoms with Gasteiger partial charge in [-0.3, -0.25) is 9.48 Å². The molecule has 1 atom stereocenters. The minimum atomic E-state index is 0.0990. The molecule has 2 rings (SSSR count). The van der Waals surface area contributed by atoms with Crippen LogP contribution in [0.3, 0.4) is 0 Å². The average Bonchev–Trinajstić information content (AvgIpc) is 2.87. The normalized spacial score (nSPS) is 12.4. The number of carbonyl (C=O) groups excluding carboxylic acids is 1. The Kier molecular flexibility index (Phi) is 4.53. The maximum atomic E-state index is 12.1. The van der Waals surface area contributed by atoms with Gasteiger partial charge in [-0.05, 0) is 31.5 Å². The van der Waals surface area contributed by atoms with Gasteiger partial charge in [0.05, 0.1) is 12.1 Å². The highest BCUT2D eigenvalue weighted by Crippen LogP contribution is 2.14. The van der Waals surface area contributed by atoms with Gasteiger partial charge in [0.1, 0.15) is 0 Å². The molecule has 4 heteroatoms. The minimum Gasteiger partial charge on any atom is -0.294 e. The van der Waals surface area contributed by atoms with Crippen LogP contribution >= 0.6 is 15.9 Å². The maximum Gasteiger partial charge on any atom is 0.168 e. The number of hydrogen-bond donors (Lipinski definition) is 0. The van der Waals surface area contributed by atoms with Gasteiger partial charge in [0, 0.05) is 22.3 Å². The third kappa shape index (κ3) is 3.53. The third-order valence-electron chi connectivity index (χ3n) is 3.21. The Labute approximate surface area is 121 Å². The van der Waals surface area contributed by atoms with Crippen LogP contribution in [0.2, 0.25) is 0 Å². The highest BCUT2D eigenvalue weighted by atomic mass is 79.9. The molecule has 0 aliphatic heterocycles. The number of ketones is 1. The second-order valence-electron chi connectivity index (χ2n) is 4.65. The predicted molar refractivity (Wildman–Crippen MR) is 79.4 cm³/mol. The smallest absolute Gasteiger partial charge is 0.168 e. The fourth-order valence-electron chi connectivity index (χ4n) is 1.81. The molecule has 0 fully saturated rings. The van der Waals surface area contributed by atoms with Gasteiger partial charge in [-0.15, -0.1) is 0 Å². The van der Waals surface area contributed by atoms with Gasteiger partial charge in [-0.2, -0.15) is 5.10 Å². The summed E-state index contributed by atoms with van der Waals surface area (Å²) >= 11 is 3.36. The van der Waals surface area contributed by atoms with E-state index in [4.69, 9.17) is 0 Å². The van der Waals surface area contributed by atoms with E-state index in [0.717, 1.165) is 22.2 Å². The van der Waals surface area contributed by atoms with Crippen molar-refractivity contribution in [2.45, 2.75) is 32.7 Å². The van der Waals surface area contributed by atoms with Crippen molar-refractivity contribution in [3.8, 4) is 0 Å². The van der Waals surface area contributed by atoms with E-state index in [1.807, 2.05) is 41.2 Å². The summed E-state index contributed by atoms with van der Waals surface area (Å²) in [7, 11) is 0. The summed E-state index contributed by atoms with van der Waals surface area (Å²) < 4.78 is 2.90. The monoisotopic (exact) mass is 320 g/mol. The van der Waals surface area contributed by atoms with E-state index in [2.05, 4.69) is 34.9 Å². The van der Waals surface area contributed by atoms with Crippen LogP contribution in [0, 0.1) is 0 Å². The lowest BCUT2D eigenvalue weighted by molar-refractivity contribution is 0.0991. The molecule has 0 aliphatic rings. The van der Waals surface area contributed by atoms with Gasteiger partial charge in [0.2, 0.25) is 0 Å². The zero-order valence-electron chi connectivity index (χ0n) is 11.1. The number of aromatic nitrogens is 2. The van der Waals surface area contributed by atoms with Crippen LogP contribution in [-0.4, -0.2) is 15.6 Å². The lowest BCUT2D eigenvalue weighted by Crippen LogP contribution is -2.07. The molecule has 1 heterocycles. The first-order chi connectivity index (χ1) is 9.10. The van der Waals surface area contributed by atoms with E-state index >= 15 is 0 Å². The standard InChI is InChI=1S/C15H17BrN2O/c1-3-11(2)18-9-8-14(17-18)10-15(19)12-4-6-13(16)7-5-12/h4-9,11H,3,10H2,1-2H3. The molecule has 0 bridgehead atoms. The summed E-state index contributed by atoms with van der Waals surface area (Å²) in [5.41, 5.74) is 1.55. The van der Waals surface area contributed by atoms with Crippen LogP contribution in [0.5, 0.6) is 0 Å². The first-order valence-corrected chi connectivity index (χ1v) is 7.22. The van der Waals surface area contributed by atoms with E-state index in [9.17, 15) is 4.79 Å². The summed E-state index contributed by atoms with van der Waals surface area (Å²) in [6, 6.07) is 9.71. The predicted octanol–water partition coefficient (Wildman–Crippen LogP) is 4.04. The molecule has 0 N–H and O–H groups in total. The van der Waals surface area contributed by atoms with Gasteiger partial charge in [-0.25, -0.2) is 0 Å². The second-order valence-corrected chi connectivity index (χ2v) is 5.57. The number of benzene rings is 1. The van der Waals surface area contributed by atoms with Crippen LogP contribution in [0.15, 0.2) is 41.0 Å². The Balaban J connectivity index is 2.06. The van der Waals surface area contributed by atoms with Crippen molar-refractivity contribution in [2.75, 3.05) is 0 Å². The molecule has 1 aromatic heterocycles. The molecule has 0 aliphatic carbocycles. The van der Waals surface area contributed by atoms with Crippen LogP contribution in [0.4, 0.5) is 0 Å². The molecule has 2 aromatic rings. The van der Waals surface area contributed by atoms with Crippen molar-refractivity contribution < 1.29 is 4.79 Å². The van der Waals surface area contributed by atoms with Crippen LogP contribution < -0.4 is 0 Å². The van der Waals surface area contributed by atoms with Gasteiger partial charge < -0.3 is 0 Å². The molecule has 19 heavy (non-hydrogen) atoms. The highest BCUT2D eigenvalue weighted by Gasteiger charge is 2.10. The summed E-state index contributed by atoms with van der Waals surface area (Å²) in [5.74, 6) is 0.0990. The summed E-state index contributed by atoms with van der Waals surface area (Å²) in [5, 5.41) is 4.45. The van der Waals surface area contributed by atoms with Crippen molar-refractivity contribution in [1.82, 2.24) is 9.78 Å². The van der Waals surface area contributed by atoms with Gasteiger partial charge in [0.25, 0.3) is 0 Å². The quantitative estimate of drug-likeness (QED) is 0.779. The fourth-order valence-corrected chi connectivity index (χ4v) is 2.07. The van der Waals surface area contributed by atoms with Crippen molar-refractivity contribution in [3.63, 3.8) is 0 Å². The number of nitrogens with zero attached hydrogens (tertiary/aromatic N) is 2. The molecule has 1 unspecified atom stereocenters. The molecule has 0 radical (unpaired) electrons. The SMILES string of the molecule is CCC(C)n1ccc(CC(=O)c2ccc(Br)cc2)n1. The molecular weight excluding hydrogens is 304 g/mol. The number of hydrogen-bond acceptors (Lipinski definition) is 2. The van der Waals surface area contributed by atoms with Crippen molar-refractivity contribution in [2.24, 2.45) is 0 Å². The van der Waals surface area contributed by atoms with Crippen LogP contribution in [0.25, 0.3) is 0 Å². The summed E-state index contributed by atoms with van der Waals surface area (Å²) in [6.07, 6.45) is 3.32. The number of Topliss-reactive ketones (excluding diaryl/α,β-unsaturated/α-hetero) is 1. The Morgan fingerprint density at radius 1 is 1.32 bits per heavy atom.